The smallest absolute Gasteiger partial charge is 0.409 e. The first-order chi connectivity index (χ1) is 13.5. The molecule has 3 aromatic rings. The second-order valence-electron chi connectivity index (χ2n) is 6.51. The summed E-state index contributed by atoms with van der Waals surface area (Å²) in [6, 6.07) is 9.10. The van der Waals surface area contributed by atoms with Crippen LogP contribution < -0.4 is 4.74 Å². The van der Waals surface area contributed by atoms with Gasteiger partial charge >= 0.3 is 6.09 Å². The molecule has 1 fully saturated rings. The molecule has 0 radical (unpaired) electrons. The average molecular weight is 416 g/mol. The van der Waals surface area contributed by atoms with Crippen molar-refractivity contribution in [2.24, 2.45) is 0 Å². The molecule has 1 saturated heterocycles. The highest BCUT2D eigenvalue weighted by Crippen LogP contribution is 2.36. The third kappa shape index (κ3) is 3.55. The molecule has 0 spiro atoms. The number of benzene rings is 1. The largest absolute Gasteiger partial charge is 0.415 e. The van der Waals surface area contributed by atoms with Crippen LogP contribution in [-0.4, -0.2) is 53.0 Å². The van der Waals surface area contributed by atoms with Crippen LogP contribution in [0, 0.1) is 6.92 Å². The minimum Gasteiger partial charge on any atom is -0.409 e. The van der Waals surface area contributed by atoms with Gasteiger partial charge in [0.15, 0.2) is 5.75 Å². The van der Waals surface area contributed by atoms with E-state index in [0.717, 1.165) is 15.6 Å². The number of carbonyl (C=O) groups excluding carboxylic acids is 2. The van der Waals surface area contributed by atoms with E-state index in [4.69, 9.17) is 16.3 Å². The van der Waals surface area contributed by atoms with Gasteiger partial charge in [-0.1, -0.05) is 23.7 Å². The molecular formula is C20H18ClN3O3S. The zero-order valence-electron chi connectivity index (χ0n) is 15.2. The molecule has 6 nitrogen and oxygen atoms in total. The SMILES string of the molecule is Cc1c(C(=O)N2CCN(C(=O)Oc3cccnc3)CC2)sc2c(Cl)cccc12. The lowest BCUT2D eigenvalue weighted by molar-refractivity contribution is 0.0637. The van der Waals surface area contributed by atoms with Crippen molar-refractivity contribution >= 4 is 45.0 Å². The Labute approximate surface area is 171 Å². The fraction of sp³-hybridized carbons (Fsp3) is 0.250. The Bertz CT molecular complexity index is 1030. The van der Waals surface area contributed by atoms with Crippen molar-refractivity contribution in [2.75, 3.05) is 26.2 Å². The molecule has 3 heterocycles. The maximum atomic E-state index is 13.0. The van der Waals surface area contributed by atoms with E-state index in [2.05, 4.69) is 4.98 Å². The molecule has 0 bridgehead atoms. The average Bonchev–Trinajstić information content (AvgIpc) is 3.06. The molecule has 2 aromatic heterocycles. The molecular weight excluding hydrogens is 398 g/mol. The number of aromatic nitrogens is 1. The number of rotatable bonds is 2. The number of carbonyl (C=O) groups is 2. The third-order valence-electron chi connectivity index (χ3n) is 4.77. The predicted molar refractivity (Wildman–Crippen MR) is 109 cm³/mol. The molecule has 1 aromatic carbocycles. The first-order valence-corrected chi connectivity index (χ1v) is 10.1. The van der Waals surface area contributed by atoms with Crippen LogP contribution in [0.15, 0.2) is 42.7 Å². The van der Waals surface area contributed by atoms with Crippen LogP contribution >= 0.6 is 22.9 Å². The molecule has 0 N–H and O–H groups in total. The van der Waals surface area contributed by atoms with Crippen molar-refractivity contribution in [3.8, 4) is 5.75 Å². The van der Waals surface area contributed by atoms with E-state index < -0.39 is 6.09 Å². The lowest BCUT2D eigenvalue weighted by atomic mass is 10.1. The summed E-state index contributed by atoms with van der Waals surface area (Å²) in [4.78, 5) is 33.3. The summed E-state index contributed by atoms with van der Waals surface area (Å²) < 4.78 is 6.25. The van der Waals surface area contributed by atoms with Crippen LogP contribution in [0.25, 0.3) is 10.1 Å². The Morgan fingerprint density at radius 3 is 2.54 bits per heavy atom. The van der Waals surface area contributed by atoms with Crippen LogP contribution in [0.3, 0.4) is 0 Å². The number of hydrogen-bond acceptors (Lipinski definition) is 5. The van der Waals surface area contributed by atoms with Gasteiger partial charge in [-0.25, -0.2) is 4.79 Å². The Kier molecular flexibility index (Phi) is 5.19. The van der Waals surface area contributed by atoms with Crippen molar-refractivity contribution in [1.82, 2.24) is 14.8 Å². The number of piperazine rings is 1. The molecule has 1 aliphatic rings. The molecule has 2 amide bonds. The number of fused-ring (bicyclic) bond motifs is 1. The van der Waals surface area contributed by atoms with Gasteiger partial charge in [-0.15, -0.1) is 11.3 Å². The Morgan fingerprint density at radius 1 is 1.11 bits per heavy atom. The predicted octanol–water partition coefficient (Wildman–Crippen LogP) is 4.21. The molecule has 8 heteroatoms. The summed E-state index contributed by atoms with van der Waals surface area (Å²) in [6.07, 6.45) is 2.68. The Morgan fingerprint density at radius 2 is 1.86 bits per heavy atom. The van der Waals surface area contributed by atoms with Crippen molar-refractivity contribution in [3.05, 3.63) is 58.2 Å². The lowest BCUT2D eigenvalue weighted by Crippen LogP contribution is -2.51. The van der Waals surface area contributed by atoms with Gasteiger partial charge in [0, 0.05) is 32.4 Å². The molecule has 28 heavy (non-hydrogen) atoms. The van der Waals surface area contributed by atoms with E-state index in [1.807, 2.05) is 25.1 Å². The third-order valence-corrected chi connectivity index (χ3v) is 6.53. The van der Waals surface area contributed by atoms with E-state index in [1.54, 1.807) is 28.1 Å². The number of nitrogens with zero attached hydrogens (tertiary/aromatic N) is 3. The molecule has 0 atom stereocenters. The van der Waals surface area contributed by atoms with Crippen LogP contribution in [-0.2, 0) is 0 Å². The van der Waals surface area contributed by atoms with E-state index in [0.29, 0.717) is 41.8 Å². The van der Waals surface area contributed by atoms with Crippen molar-refractivity contribution in [2.45, 2.75) is 6.92 Å². The van der Waals surface area contributed by atoms with Crippen molar-refractivity contribution in [3.63, 3.8) is 0 Å². The van der Waals surface area contributed by atoms with Gasteiger partial charge in [-0.05, 0) is 36.1 Å². The molecule has 144 valence electrons. The van der Waals surface area contributed by atoms with Crippen LogP contribution in [0.2, 0.25) is 5.02 Å². The molecule has 1 aliphatic heterocycles. The number of pyridine rings is 1. The number of halogens is 1. The summed E-state index contributed by atoms with van der Waals surface area (Å²) >= 11 is 7.70. The maximum Gasteiger partial charge on any atom is 0.415 e. The highest BCUT2D eigenvalue weighted by atomic mass is 35.5. The quantitative estimate of drug-likeness (QED) is 0.628. The van der Waals surface area contributed by atoms with Gasteiger partial charge in [-0.3, -0.25) is 9.78 Å². The first-order valence-electron chi connectivity index (χ1n) is 8.88. The molecule has 4 rings (SSSR count). The van der Waals surface area contributed by atoms with Crippen molar-refractivity contribution in [1.29, 1.82) is 0 Å². The minimum atomic E-state index is -0.426. The summed E-state index contributed by atoms with van der Waals surface area (Å²) in [6.45, 7) is 3.72. The second-order valence-corrected chi connectivity index (χ2v) is 7.94. The van der Waals surface area contributed by atoms with Gasteiger partial charge in [0.25, 0.3) is 5.91 Å². The monoisotopic (exact) mass is 415 g/mol. The van der Waals surface area contributed by atoms with E-state index in [1.165, 1.54) is 17.5 Å². The van der Waals surface area contributed by atoms with Gasteiger partial charge in [-0.2, -0.15) is 0 Å². The highest BCUT2D eigenvalue weighted by Gasteiger charge is 2.28. The minimum absolute atomic E-state index is 0.0185. The maximum absolute atomic E-state index is 13.0. The fourth-order valence-electron chi connectivity index (χ4n) is 3.22. The van der Waals surface area contributed by atoms with E-state index in [9.17, 15) is 9.59 Å². The van der Waals surface area contributed by atoms with Crippen LogP contribution in [0.4, 0.5) is 4.79 Å². The Balaban J connectivity index is 1.42. The van der Waals surface area contributed by atoms with Crippen LogP contribution in [0.1, 0.15) is 15.2 Å². The van der Waals surface area contributed by atoms with E-state index in [-0.39, 0.29) is 5.91 Å². The number of amides is 2. The van der Waals surface area contributed by atoms with Gasteiger partial charge in [0.05, 0.1) is 20.8 Å². The summed E-state index contributed by atoms with van der Waals surface area (Å²) in [5.41, 5.74) is 0.950. The number of aryl methyl sites for hydroxylation is 1. The summed E-state index contributed by atoms with van der Waals surface area (Å²) in [5.74, 6) is 0.388. The zero-order chi connectivity index (χ0) is 19.7. The summed E-state index contributed by atoms with van der Waals surface area (Å²) in [5, 5.41) is 1.67. The number of hydrogen-bond donors (Lipinski definition) is 0. The highest BCUT2D eigenvalue weighted by molar-refractivity contribution is 7.21. The van der Waals surface area contributed by atoms with Gasteiger partial charge < -0.3 is 14.5 Å². The topological polar surface area (TPSA) is 62.7 Å². The lowest BCUT2D eigenvalue weighted by Gasteiger charge is -2.33. The van der Waals surface area contributed by atoms with E-state index >= 15 is 0 Å². The number of thiophene rings is 1. The van der Waals surface area contributed by atoms with Gasteiger partial charge in [0.1, 0.15) is 0 Å². The normalized spacial score (nSPS) is 14.4. The molecule has 0 aliphatic carbocycles. The van der Waals surface area contributed by atoms with Gasteiger partial charge in [0.2, 0.25) is 0 Å². The molecule has 0 unspecified atom stereocenters. The fourth-order valence-corrected chi connectivity index (χ4v) is 4.69. The first kappa shape index (κ1) is 18.7. The second kappa shape index (κ2) is 7.77. The van der Waals surface area contributed by atoms with Crippen LogP contribution in [0.5, 0.6) is 5.75 Å². The van der Waals surface area contributed by atoms with Crippen molar-refractivity contribution < 1.29 is 14.3 Å². The Hall–Kier alpha value is -2.64. The molecule has 0 saturated carbocycles. The summed E-state index contributed by atoms with van der Waals surface area (Å²) in [7, 11) is 0. The number of ether oxygens (including phenoxy) is 1. The zero-order valence-corrected chi connectivity index (χ0v) is 16.8. The standard InChI is InChI=1S/C20H18ClN3O3S/c1-13-15-5-2-6-16(21)18(15)28-17(13)19(25)23-8-10-24(11-9-23)20(26)27-14-4-3-7-22-12-14/h2-7,12H,8-11H2,1H3.